The van der Waals surface area contributed by atoms with Crippen LogP contribution in [0, 0.1) is 11.3 Å². The van der Waals surface area contributed by atoms with Crippen molar-refractivity contribution in [2.45, 2.75) is 12.1 Å². The predicted octanol–water partition coefficient (Wildman–Crippen LogP) is 5.32. The Morgan fingerprint density at radius 2 is 1.97 bits per heavy atom. The number of methoxy groups -OCH3 is 1. The van der Waals surface area contributed by atoms with Gasteiger partial charge in [-0.2, -0.15) is 14.6 Å². The highest BCUT2D eigenvalue weighted by Gasteiger charge is 2.14. The highest BCUT2D eigenvalue weighted by molar-refractivity contribution is 7.99. The molecule has 34 heavy (non-hydrogen) atoms. The van der Waals surface area contributed by atoms with Gasteiger partial charge in [0.1, 0.15) is 30.6 Å². The number of carbonyl (C=O) groups is 1. The summed E-state index contributed by atoms with van der Waals surface area (Å²) in [6, 6.07) is 14.2. The van der Waals surface area contributed by atoms with Crippen molar-refractivity contribution in [3.63, 3.8) is 0 Å². The van der Waals surface area contributed by atoms with E-state index in [1.165, 1.54) is 24.9 Å². The lowest BCUT2D eigenvalue weighted by Crippen LogP contribution is -2.13. The molecule has 1 amide bonds. The molecular formula is C23H21ClN4O4S2. The molecule has 0 atom stereocenters. The van der Waals surface area contributed by atoms with Gasteiger partial charge in [-0.3, -0.25) is 10.1 Å². The van der Waals surface area contributed by atoms with Gasteiger partial charge in [-0.25, -0.2) is 0 Å². The average Bonchev–Trinajstić information content (AvgIpc) is 3.28. The van der Waals surface area contributed by atoms with Crippen molar-refractivity contribution in [3.05, 3.63) is 58.6 Å². The van der Waals surface area contributed by atoms with Crippen molar-refractivity contribution in [3.8, 4) is 23.3 Å². The number of ether oxygens (including phenoxy) is 3. The molecule has 2 aromatic carbocycles. The third kappa shape index (κ3) is 7.12. The number of thioether (sulfide) groups is 1. The summed E-state index contributed by atoms with van der Waals surface area (Å²) in [4.78, 5) is 16.7. The zero-order valence-electron chi connectivity index (χ0n) is 18.4. The number of halogens is 1. The lowest BCUT2D eigenvalue weighted by atomic mass is 10.1. The number of aromatic nitrogens is 2. The van der Waals surface area contributed by atoms with Crippen LogP contribution in [-0.4, -0.2) is 41.3 Å². The number of carbonyl (C=O) groups excluding carboxylic acids is 1. The van der Waals surface area contributed by atoms with Crippen LogP contribution in [0.5, 0.6) is 17.2 Å². The number of hydrogen-bond donors (Lipinski definition) is 1. The van der Waals surface area contributed by atoms with Crippen LogP contribution in [0.2, 0.25) is 5.02 Å². The lowest BCUT2D eigenvalue weighted by molar-refractivity contribution is -0.112. The molecule has 3 aromatic rings. The number of benzene rings is 2. The molecule has 0 unspecified atom stereocenters. The van der Waals surface area contributed by atoms with Gasteiger partial charge < -0.3 is 14.2 Å². The Bertz CT molecular complexity index is 1210. The second-order valence-electron chi connectivity index (χ2n) is 6.48. The van der Waals surface area contributed by atoms with Gasteiger partial charge in [0.25, 0.3) is 5.91 Å². The van der Waals surface area contributed by atoms with E-state index in [-0.39, 0.29) is 18.8 Å². The zero-order valence-corrected chi connectivity index (χ0v) is 20.8. The number of nitriles is 1. The fourth-order valence-corrected chi connectivity index (χ4v) is 4.14. The first-order chi connectivity index (χ1) is 16.5. The molecule has 0 aliphatic carbocycles. The van der Waals surface area contributed by atoms with Gasteiger partial charge in [0.05, 0.1) is 12.1 Å². The Labute approximate surface area is 210 Å². The van der Waals surface area contributed by atoms with E-state index in [0.717, 1.165) is 17.3 Å². The maximum absolute atomic E-state index is 12.5. The summed E-state index contributed by atoms with van der Waals surface area (Å²) in [5, 5.41) is 13.5. The summed E-state index contributed by atoms with van der Waals surface area (Å²) in [5.41, 5.74) is 0.520. The van der Waals surface area contributed by atoms with Crippen molar-refractivity contribution >= 4 is 52.0 Å². The van der Waals surface area contributed by atoms with E-state index in [4.69, 9.17) is 25.8 Å². The van der Waals surface area contributed by atoms with Crippen LogP contribution in [0.25, 0.3) is 6.08 Å². The van der Waals surface area contributed by atoms with E-state index >= 15 is 0 Å². The van der Waals surface area contributed by atoms with Crippen molar-refractivity contribution in [1.82, 2.24) is 9.36 Å². The highest BCUT2D eigenvalue weighted by Crippen LogP contribution is 2.29. The van der Waals surface area contributed by atoms with Gasteiger partial charge in [0.2, 0.25) is 10.3 Å². The van der Waals surface area contributed by atoms with Gasteiger partial charge in [0, 0.05) is 11.5 Å². The SMILES string of the molecule is CCSc1nsc(NC(=O)C(C#N)=Cc2ccc(OCCOc3ccccc3Cl)c(OC)c2)n1. The first kappa shape index (κ1) is 25.4. The van der Waals surface area contributed by atoms with Gasteiger partial charge >= 0.3 is 0 Å². The fraction of sp³-hybridized carbons (Fsp3) is 0.217. The van der Waals surface area contributed by atoms with E-state index in [2.05, 4.69) is 14.7 Å². The minimum absolute atomic E-state index is 0.0799. The van der Waals surface area contributed by atoms with Crippen LogP contribution in [0.15, 0.2) is 53.2 Å². The molecule has 0 bridgehead atoms. The molecule has 8 nitrogen and oxygen atoms in total. The van der Waals surface area contributed by atoms with E-state index < -0.39 is 5.91 Å². The largest absolute Gasteiger partial charge is 0.493 e. The zero-order chi connectivity index (χ0) is 24.3. The second kappa shape index (κ2) is 12.8. The minimum atomic E-state index is -0.567. The smallest absolute Gasteiger partial charge is 0.268 e. The number of nitrogens with zero attached hydrogens (tertiary/aromatic N) is 3. The normalized spacial score (nSPS) is 10.9. The molecule has 3 rings (SSSR count). The standard InChI is InChI=1S/C23H21ClN4O4S2/c1-3-33-23-27-22(34-28-23)26-21(29)16(14-25)12-15-8-9-19(20(13-15)30-2)32-11-10-31-18-7-5-4-6-17(18)24/h4-9,12-13H,3,10-11H2,1-2H3,(H,26,27,28,29). The summed E-state index contributed by atoms with van der Waals surface area (Å²) in [6.07, 6.45) is 1.46. The maximum atomic E-state index is 12.5. The van der Waals surface area contributed by atoms with E-state index in [1.807, 2.05) is 25.1 Å². The molecule has 176 valence electrons. The highest BCUT2D eigenvalue weighted by atomic mass is 35.5. The van der Waals surface area contributed by atoms with Crippen molar-refractivity contribution in [1.29, 1.82) is 5.26 Å². The minimum Gasteiger partial charge on any atom is -0.493 e. The molecule has 0 spiro atoms. The van der Waals surface area contributed by atoms with Crippen LogP contribution >= 0.6 is 34.9 Å². The Kier molecular flexibility index (Phi) is 9.58. The number of rotatable bonds is 11. The Hall–Kier alpha value is -3.26. The summed E-state index contributed by atoms with van der Waals surface area (Å²) in [7, 11) is 1.51. The first-order valence-corrected chi connectivity index (χ1v) is 12.3. The molecule has 1 heterocycles. The predicted molar refractivity (Wildman–Crippen MR) is 134 cm³/mol. The van der Waals surface area contributed by atoms with Crippen LogP contribution in [0.3, 0.4) is 0 Å². The van der Waals surface area contributed by atoms with Crippen molar-refractivity contribution in [2.75, 3.05) is 31.4 Å². The average molecular weight is 517 g/mol. The van der Waals surface area contributed by atoms with Crippen LogP contribution in [-0.2, 0) is 4.79 Å². The molecule has 0 fully saturated rings. The fourth-order valence-electron chi connectivity index (χ4n) is 2.69. The number of anilines is 1. The van der Waals surface area contributed by atoms with Crippen molar-refractivity contribution in [2.24, 2.45) is 0 Å². The quantitative estimate of drug-likeness (QED) is 0.158. The number of hydrogen-bond acceptors (Lipinski definition) is 9. The molecular weight excluding hydrogens is 496 g/mol. The van der Waals surface area contributed by atoms with Gasteiger partial charge in [-0.15, -0.1) is 0 Å². The Morgan fingerprint density at radius 3 is 2.68 bits per heavy atom. The van der Waals surface area contributed by atoms with Gasteiger partial charge in [0.15, 0.2) is 11.5 Å². The third-order valence-corrected chi connectivity index (χ3v) is 5.99. The Balaban J connectivity index is 1.62. The van der Waals surface area contributed by atoms with Crippen LogP contribution in [0.1, 0.15) is 12.5 Å². The summed E-state index contributed by atoms with van der Waals surface area (Å²) >= 11 is 8.60. The maximum Gasteiger partial charge on any atom is 0.268 e. The van der Waals surface area contributed by atoms with E-state index in [1.54, 1.807) is 30.3 Å². The first-order valence-electron chi connectivity index (χ1n) is 10.1. The molecule has 0 saturated heterocycles. The Morgan fingerprint density at radius 1 is 1.21 bits per heavy atom. The lowest BCUT2D eigenvalue weighted by Gasteiger charge is -2.12. The molecule has 0 saturated carbocycles. The van der Waals surface area contributed by atoms with E-state index in [0.29, 0.717) is 38.1 Å². The summed E-state index contributed by atoms with van der Waals surface area (Å²) < 4.78 is 20.9. The molecule has 1 N–H and O–H groups in total. The van der Waals surface area contributed by atoms with Crippen LogP contribution in [0.4, 0.5) is 5.13 Å². The second-order valence-corrected chi connectivity index (χ2v) is 8.87. The van der Waals surface area contributed by atoms with Crippen molar-refractivity contribution < 1.29 is 19.0 Å². The van der Waals surface area contributed by atoms with Gasteiger partial charge in [-0.1, -0.05) is 48.5 Å². The molecule has 0 aliphatic heterocycles. The molecule has 1 aromatic heterocycles. The summed E-state index contributed by atoms with van der Waals surface area (Å²) in [6.45, 7) is 2.54. The molecule has 0 radical (unpaired) electrons. The number of amides is 1. The number of nitrogens with one attached hydrogen (secondary N) is 1. The topological polar surface area (TPSA) is 106 Å². The monoisotopic (exact) mass is 516 g/mol. The van der Waals surface area contributed by atoms with Crippen LogP contribution < -0.4 is 19.5 Å². The third-order valence-electron chi connectivity index (χ3n) is 4.20. The molecule has 11 heteroatoms. The molecule has 0 aliphatic rings. The summed E-state index contributed by atoms with van der Waals surface area (Å²) in [5.74, 6) is 1.79. The number of para-hydroxylation sites is 1. The van der Waals surface area contributed by atoms with E-state index in [9.17, 15) is 10.1 Å². The van der Waals surface area contributed by atoms with Gasteiger partial charge in [-0.05, 0) is 41.7 Å².